The summed E-state index contributed by atoms with van der Waals surface area (Å²) in [6.07, 6.45) is 2.41. The number of benzene rings is 1. The number of fused-ring (bicyclic) bond motifs is 1. The highest BCUT2D eigenvalue weighted by molar-refractivity contribution is 7.89. The van der Waals surface area contributed by atoms with Crippen molar-refractivity contribution < 1.29 is 17.9 Å². The molecule has 0 N–H and O–H groups in total. The number of esters is 1. The molecule has 9 heteroatoms. The molecule has 27 heavy (non-hydrogen) atoms. The summed E-state index contributed by atoms with van der Waals surface area (Å²) >= 11 is 0. The van der Waals surface area contributed by atoms with Gasteiger partial charge in [0.25, 0.3) is 0 Å². The predicted octanol–water partition coefficient (Wildman–Crippen LogP) is 2.09. The van der Waals surface area contributed by atoms with Crippen molar-refractivity contribution in [1.29, 1.82) is 5.26 Å². The zero-order valence-electron chi connectivity index (χ0n) is 15.8. The van der Waals surface area contributed by atoms with Crippen molar-refractivity contribution in [3.05, 3.63) is 24.0 Å². The second-order valence-corrected chi connectivity index (χ2v) is 8.44. The van der Waals surface area contributed by atoms with E-state index in [1.807, 2.05) is 4.57 Å². The maximum atomic E-state index is 12.4. The van der Waals surface area contributed by atoms with Crippen molar-refractivity contribution in [2.45, 2.75) is 44.0 Å². The van der Waals surface area contributed by atoms with E-state index in [1.165, 1.54) is 14.1 Å². The van der Waals surface area contributed by atoms with Gasteiger partial charge < -0.3 is 9.30 Å². The number of hydrogen-bond donors (Lipinski definition) is 0. The van der Waals surface area contributed by atoms with Gasteiger partial charge in [0.1, 0.15) is 11.9 Å². The SMILES string of the molecule is CCCCn1c(CCC(=O)OCC#N)nc2cc(S(=O)(=O)N(C)C)ccc21. The third-order valence-corrected chi connectivity index (χ3v) is 5.97. The first-order valence-electron chi connectivity index (χ1n) is 8.75. The van der Waals surface area contributed by atoms with Gasteiger partial charge in [-0.15, -0.1) is 0 Å². The third-order valence-electron chi connectivity index (χ3n) is 4.16. The van der Waals surface area contributed by atoms with Gasteiger partial charge >= 0.3 is 5.97 Å². The Morgan fingerprint density at radius 3 is 2.74 bits per heavy atom. The number of rotatable bonds is 9. The number of hydrogen-bond acceptors (Lipinski definition) is 6. The Bertz CT molecular complexity index is 958. The maximum Gasteiger partial charge on any atom is 0.307 e. The molecule has 8 nitrogen and oxygen atoms in total. The molecular formula is C18H24N4O4S. The smallest absolute Gasteiger partial charge is 0.307 e. The minimum Gasteiger partial charge on any atom is -0.450 e. The predicted molar refractivity (Wildman–Crippen MR) is 100 cm³/mol. The van der Waals surface area contributed by atoms with Gasteiger partial charge in [0, 0.05) is 27.1 Å². The van der Waals surface area contributed by atoms with E-state index in [0.29, 0.717) is 17.8 Å². The lowest BCUT2D eigenvalue weighted by Crippen LogP contribution is -2.22. The number of ether oxygens (including phenoxy) is 1. The first kappa shape index (κ1) is 20.9. The first-order valence-corrected chi connectivity index (χ1v) is 10.2. The van der Waals surface area contributed by atoms with Crippen LogP contribution in [-0.4, -0.2) is 48.9 Å². The summed E-state index contributed by atoms with van der Waals surface area (Å²) in [7, 11) is -0.578. The Kier molecular flexibility index (Phi) is 6.93. The van der Waals surface area contributed by atoms with Crippen molar-refractivity contribution >= 4 is 27.0 Å². The minimum absolute atomic E-state index is 0.111. The van der Waals surface area contributed by atoms with Crippen molar-refractivity contribution in [3.8, 4) is 6.07 Å². The van der Waals surface area contributed by atoms with E-state index in [9.17, 15) is 13.2 Å². The summed E-state index contributed by atoms with van der Waals surface area (Å²) in [6, 6.07) is 6.65. The molecule has 0 aliphatic carbocycles. The highest BCUT2D eigenvalue weighted by Gasteiger charge is 2.20. The van der Waals surface area contributed by atoms with E-state index in [0.717, 1.165) is 29.2 Å². The molecule has 0 radical (unpaired) electrons. The lowest BCUT2D eigenvalue weighted by Gasteiger charge is -2.11. The standard InChI is InChI=1S/C18H24N4O4S/c1-4-5-11-22-16-7-6-14(27(24,25)21(2)3)13-15(16)20-17(22)8-9-18(23)26-12-10-19/h6-7,13H,4-5,8-9,11-12H2,1-3H3. The fourth-order valence-corrected chi connectivity index (χ4v) is 3.61. The molecule has 0 bridgehead atoms. The molecule has 2 aromatic rings. The van der Waals surface area contributed by atoms with Gasteiger partial charge in [-0.25, -0.2) is 17.7 Å². The normalized spacial score (nSPS) is 11.7. The first-order chi connectivity index (χ1) is 12.8. The zero-order valence-corrected chi connectivity index (χ0v) is 16.6. The molecule has 0 aliphatic heterocycles. The average molecular weight is 392 g/mol. The Morgan fingerprint density at radius 2 is 2.11 bits per heavy atom. The number of imidazole rings is 1. The van der Waals surface area contributed by atoms with Crippen LogP contribution in [0.25, 0.3) is 11.0 Å². The molecule has 0 unspecified atom stereocenters. The Balaban J connectivity index is 2.37. The molecule has 0 saturated heterocycles. The van der Waals surface area contributed by atoms with Gasteiger partial charge in [0.15, 0.2) is 6.61 Å². The monoisotopic (exact) mass is 392 g/mol. The van der Waals surface area contributed by atoms with Crippen LogP contribution >= 0.6 is 0 Å². The van der Waals surface area contributed by atoms with E-state index in [1.54, 1.807) is 24.3 Å². The largest absolute Gasteiger partial charge is 0.450 e. The van der Waals surface area contributed by atoms with E-state index in [2.05, 4.69) is 11.9 Å². The number of aryl methyl sites for hydroxylation is 2. The Morgan fingerprint density at radius 1 is 1.37 bits per heavy atom. The van der Waals surface area contributed by atoms with Crippen LogP contribution in [0.3, 0.4) is 0 Å². The number of aromatic nitrogens is 2. The highest BCUT2D eigenvalue weighted by Crippen LogP contribution is 2.23. The fraction of sp³-hybridized carbons (Fsp3) is 0.500. The maximum absolute atomic E-state index is 12.4. The van der Waals surface area contributed by atoms with Crippen LogP contribution in [0.15, 0.2) is 23.1 Å². The van der Waals surface area contributed by atoms with Crippen LogP contribution in [0, 0.1) is 11.3 Å². The van der Waals surface area contributed by atoms with Gasteiger partial charge in [0.05, 0.1) is 22.3 Å². The molecule has 0 atom stereocenters. The second-order valence-electron chi connectivity index (χ2n) is 6.29. The fourth-order valence-electron chi connectivity index (χ4n) is 2.69. The number of nitriles is 1. The summed E-state index contributed by atoms with van der Waals surface area (Å²) in [5, 5.41) is 8.47. The van der Waals surface area contributed by atoms with Crippen molar-refractivity contribution in [2.24, 2.45) is 0 Å². The van der Waals surface area contributed by atoms with Crippen LogP contribution in [0.2, 0.25) is 0 Å². The molecule has 0 amide bonds. The van der Waals surface area contributed by atoms with Gasteiger partial charge in [-0.2, -0.15) is 5.26 Å². The summed E-state index contributed by atoms with van der Waals surface area (Å²) in [5.41, 5.74) is 1.41. The Hall–Kier alpha value is -2.44. The summed E-state index contributed by atoms with van der Waals surface area (Å²) in [5.74, 6) is 0.244. The molecular weight excluding hydrogens is 368 g/mol. The minimum atomic E-state index is -3.55. The summed E-state index contributed by atoms with van der Waals surface area (Å²) in [4.78, 5) is 16.4. The molecule has 0 aliphatic rings. The molecule has 1 aromatic carbocycles. The number of sulfonamides is 1. The van der Waals surface area contributed by atoms with Gasteiger partial charge in [0.2, 0.25) is 10.0 Å². The molecule has 2 rings (SSSR count). The topological polar surface area (TPSA) is 105 Å². The van der Waals surface area contributed by atoms with Crippen LogP contribution in [0.5, 0.6) is 0 Å². The quantitative estimate of drug-likeness (QED) is 0.605. The van der Waals surface area contributed by atoms with E-state index < -0.39 is 16.0 Å². The van der Waals surface area contributed by atoms with Crippen molar-refractivity contribution in [1.82, 2.24) is 13.9 Å². The van der Waals surface area contributed by atoms with Crippen molar-refractivity contribution in [3.63, 3.8) is 0 Å². The third kappa shape index (κ3) is 4.84. The van der Waals surface area contributed by atoms with E-state index >= 15 is 0 Å². The molecule has 0 saturated carbocycles. The van der Waals surface area contributed by atoms with Gasteiger partial charge in [-0.1, -0.05) is 13.3 Å². The Labute approximate surface area is 159 Å². The molecule has 0 spiro atoms. The average Bonchev–Trinajstić information content (AvgIpc) is 2.99. The van der Waals surface area contributed by atoms with Gasteiger partial charge in [-0.3, -0.25) is 4.79 Å². The van der Waals surface area contributed by atoms with Crippen LogP contribution < -0.4 is 0 Å². The van der Waals surface area contributed by atoms with E-state index in [4.69, 9.17) is 10.00 Å². The molecule has 0 fully saturated rings. The second kappa shape index (κ2) is 8.97. The number of carbonyl (C=O) groups is 1. The van der Waals surface area contributed by atoms with E-state index in [-0.39, 0.29) is 17.9 Å². The van der Waals surface area contributed by atoms with Crippen molar-refractivity contribution in [2.75, 3.05) is 20.7 Å². The summed E-state index contributed by atoms with van der Waals surface area (Å²) < 4.78 is 32.7. The van der Waals surface area contributed by atoms with Crippen LogP contribution in [-0.2, 0) is 32.5 Å². The number of carbonyl (C=O) groups excluding carboxylic acids is 1. The highest BCUT2D eigenvalue weighted by atomic mass is 32.2. The van der Waals surface area contributed by atoms with Crippen LogP contribution in [0.4, 0.5) is 0 Å². The molecule has 1 aromatic heterocycles. The number of unbranched alkanes of at least 4 members (excludes halogenated alkanes) is 1. The van der Waals surface area contributed by atoms with Gasteiger partial charge in [-0.05, 0) is 24.6 Å². The molecule has 146 valence electrons. The van der Waals surface area contributed by atoms with Crippen LogP contribution in [0.1, 0.15) is 32.0 Å². The lowest BCUT2D eigenvalue weighted by atomic mass is 10.2. The zero-order chi connectivity index (χ0) is 20.0. The molecule has 1 heterocycles. The lowest BCUT2D eigenvalue weighted by molar-refractivity contribution is -0.142. The number of nitrogens with zero attached hydrogens (tertiary/aromatic N) is 4. The summed E-state index contributed by atoms with van der Waals surface area (Å²) in [6.45, 7) is 2.55.